The Morgan fingerprint density at radius 1 is 1.15 bits per heavy atom. The molecule has 2 saturated heterocycles. The van der Waals surface area contributed by atoms with Crippen LogP contribution in [0.3, 0.4) is 0 Å². The maximum absolute atomic E-state index is 13.6. The third-order valence-corrected chi connectivity index (χ3v) is 13.0. The number of fused-ring (bicyclic) bond motifs is 1. The molecule has 13 nitrogen and oxygen atoms in total. The van der Waals surface area contributed by atoms with Crippen LogP contribution in [0.15, 0.2) is 63.2 Å². The Kier molecular flexibility index (Phi) is 8.60. The number of pyridine rings is 1. The van der Waals surface area contributed by atoms with Crippen molar-refractivity contribution in [1.29, 1.82) is 0 Å². The van der Waals surface area contributed by atoms with Gasteiger partial charge in [0.15, 0.2) is 9.84 Å². The van der Waals surface area contributed by atoms with Gasteiger partial charge < -0.3 is 29.6 Å². The van der Waals surface area contributed by atoms with Gasteiger partial charge in [-0.05, 0) is 68.5 Å². The van der Waals surface area contributed by atoms with E-state index < -0.39 is 59.8 Å². The van der Waals surface area contributed by atoms with Crippen molar-refractivity contribution in [2.75, 3.05) is 32.8 Å². The second-order valence-electron chi connectivity index (χ2n) is 12.0. The summed E-state index contributed by atoms with van der Waals surface area (Å²) >= 11 is 0. The molecular formula is C30H34FN3O10S2. The number of halogens is 1. The lowest BCUT2D eigenvalue weighted by atomic mass is 9.88. The average molecular weight is 680 g/mol. The molecule has 2 aromatic carbocycles. The Morgan fingerprint density at radius 2 is 1.89 bits per heavy atom. The molecule has 0 bridgehead atoms. The number of amides is 1. The SMILES string of the molecule is O=C(O)N(C[C@H](O)COc1cccc(S(=O)(=O)C2CC2)c1)[C@H]1COC2(CCN(S(=O)(=O)c3c[nH]c4cc(F)ccc4c3=O)CC2)C1. The Hall–Kier alpha value is -3.57. The molecule has 3 fully saturated rings. The minimum atomic E-state index is -4.19. The van der Waals surface area contributed by atoms with Gasteiger partial charge in [0, 0.05) is 24.7 Å². The highest BCUT2D eigenvalue weighted by Crippen LogP contribution is 2.39. The van der Waals surface area contributed by atoms with Crippen LogP contribution in [0.4, 0.5) is 9.18 Å². The molecule has 3 N–H and O–H groups in total. The Bertz CT molecular complexity index is 1920. The second kappa shape index (κ2) is 12.2. The first kappa shape index (κ1) is 32.4. The zero-order valence-electron chi connectivity index (χ0n) is 24.7. The molecule has 3 aliphatic rings. The number of aromatic amines is 1. The topological polar surface area (TPSA) is 184 Å². The fourth-order valence-electron chi connectivity index (χ4n) is 6.18. The zero-order chi connectivity index (χ0) is 32.9. The largest absolute Gasteiger partial charge is 0.491 e. The molecule has 248 valence electrons. The zero-order valence-corrected chi connectivity index (χ0v) is 26.3. The molecule has 2 aliphatic heterocycles. The van der Waals surface area contributed by atoms with E-state index in [0.29, 0.717) is 12.8 Å². The minimum Gasteiger partial charge on any atom is -0.491 e. The van der Waals surface area contributed by atoms with E-state index in [1.54, 1.807) is 12.1 Å². The van der Waals surface area contributed by atoms with E-state index in [0.717, 1.165) is 23.2 Å². The summed E-state index contributed by atoms with van der Waals surface area (Å²) in [6.45, 7) is -0.432. The van der Waals surface area contributed by atoms with Crippen LogP contribution >= 0.6 is 0 Å². The number of carboxylic acid groups (broad SMARTS) is 1. The number of ether oxygens (including phenoxy) is 2. The number of benzene rings is 2. The molecule has 0 radical (unpaired) electrons. The number of piperidine rings is 1. The molecule has 46 heavy (non-hydrogen) atoms. The molecule has 3 heterocycles. The molecule has 16 heteroatoms. The molecule has 1 amide bonds. The van der Waals surface area contributed by atoms with Crippen LogP contribution in [0.25, 0.3) is 10.9 Å². The number of sulfonamides is 1. The van der Waals surface area contributed by atoms with E-state index in [1.807, 2.05) is 0 Å². The van der Waals surface area contributed by atoms with Gasteiger partial charge in [0.05, 0.1) is 40.5 Å². The number of rotatable bonds is 10. The molecule has 1 saturated carbocycles. The van der Waals surface area contributed by atoms with E-state index in [-0.39, 0.29) is 78.9 Å². The van der Waals surface area contributed by atoms with Crippen molar-refractivity contribution in [1.82, 2.24) is 14.2 Å². The van der Waals surface area contributed by atoms with Crippen molar-refractivity contribution in [3.63, 3.8) is 0 Å². The summed E-state index contributed by atoms with van der Waals surface area (Å²) in [5.41, 5.74) is -1.34. The van der Waals surface area contributed by atoms with Crippen LogP contribution in [0.5, 0.6) is 5.75 Å². The fourth-order valence-corrected chi connectivity index (χ4v) is 9.36. The van der Waals surface area contributed by atoms with Crippen molar-refractivity contribution >= 4 is 36.9 Å². The molecule has 6 rings (SSSR count). The van der Waals surface area contributed by atoms with Crippen molar-refractivity contribution in [3.05, 3.63) is 64.7 Å². The van der Waals surface area contributed by atoms with Gasteiger partial charge in [0.2, 0.25) is 15.5 Å². The number of sulfone groups is 1. The highest BCUT2D eigenvalue weighted by Gasteiger charge is 2.47. The average Bonchev–Trinajstić information content (AvgIpc) is 3.82. The van der Waals surface area contributed by atoms with Gasteiger partial charge in [-0.2, -0.15) is 4.31 Å². The van der Waals surface area contributed by atoms with Gasteiger partial charge in [-0.25, -0.2) is 26.0 Å². The number of carbonyl (C=O) groups is 1. The molecule has 1 aromatic heterocycles. The van der Waals surface area contributed by atoms with Gasteiger partial charge >= 0.3 is 6.09 Å². The van der Waals surface area contributed by atoms with E-state index in [1.165, 1.54) is 22.5 Å². The van der Waals surface area contributed by atoms with Crippen LogP contribution < -0.4 is 10.2 Å². The first-order valence-corrected chi connectivity index (χ1v) is 17.9. The number of aromatic nitrogens is 1. The minimum absolute atomic E-state index is 0.0367. The normalized spacial score (nSPS) is 21.0. The quantitative estimate of drug-likeness (QED) is 0.288. The monoisotopic (exact) mass is 679 g/mol. The van der Waals surface area contributed by atoms with Crippen LogP contribution in [-0.2, 0) is 24.6 Å². The van der Waals surface area contributed by atoms with Crippen molar-refractivity contribution in [2.45, 2.75) is 64.9 Å². The number of aliphatic hydroxyl groups excluding tert-OH is 1. The van der Waals surface area contributed by atoms with Crippen LogP contribution in [-0.4, -0.2) is 103 Å². The third-order valence-electron chi connectivity index (χ3n) is 8.88. The first-order valence-electron chi connectivity index (χ1n) is 14.9. The van der Waals surface area contributed by atoms with Gasteiger partial charge in [-0.15, -0.1) is 0 Å². The maximum atomic E-state index is 13.6. The van der Waals surface area contributed by atoms with Crippen molar-refractivity contribution in [2.24, 2.45) is 0 Å². The number of hydrogen-bond donors (Lipinski definition) is 3. The molecule has 2 atom stereocenters. The number of nitrogens with one attached hydrogen (secondary N) is 1. The Labute approximate surface area is 264 Å². The highest BCUT2D eigenvalue weighted by molar-refractivity contribution is 7.92. The second-order valence-corrected chi connectivity index (χ2v) is 16.2. The Balaban J connectivity index is 1.06. The van der Waals surface area contributed by atoms with E-state index in [2.05, 4.69) is 4.98 Å². The lowest BCUT2D eigenvalue weighted by Crippen LogP contribution is -2.49. The molecule has 3 aromatic rings. The smallest absolute Gasteiger partial charge is 0.407 e. The third kappa shape index (κ3) is 6.36. The fraction of sp³-hybridized carbons (Fsp3) is 0.467. The number of aliphatic hydroxyl groups is 1. The van der Waals surface area contributed by atoms with Crippen LogP contribution in [0.1, 0.15) is 32.1 Å². The van der Waals surface area contributed by atoms with Gasteiger partial charge in [0.25, 0.3) is 0 Å². The molecule has 1 aliphatic carbocycles. The summed E-state index contributed by atoms with van der Waals surface area (Å²) in [5, 5.41) is 20.3. The molecule has 0 unspecified atom stereocenters. The molecule has 1 spiro atoms. The van der Waals surface area contributed by atoms with Gasteiger partial charge in [0.1, 0.15) is 29.2 Å². The van der Waals surface area contributed by atoms with Crippen molar-refractivity contribution < 1.29 is 45.7 Å². The van der Waals surface area contributed by atoms with Gasteiger partial charge in [-0.3, -0.25) is 4.79 Å². The van der Waals surface area contributed by atoms with Crippen LogP contribution in [0, 0.1) is 5.82 Å². The van der Waals surface area contributed by atoms with E-state index in [4.69, 9.17) is 9.47 Å². The number of hydrogen-bond acceptors (Lipinski definition) is 9. The summed E-state index contributed by atoms with van der Waals surface area (Å²) in [5.74, 6) is -0.324. The predicted molar refractivity (Wildman–Crippen MR) is 162 cm³/mol. The highest BCUT2D eigenvalue weighted by atomic mass is 32.2. The Morgan fingerprint density at radius 3 is 2.59 bits per heavy atom. The summed E-state index contributed by atoms with van der Waals surface area (Å²) in [4.78, 5) is 28.6. The van der Waals surface area contributed by atoms with Gasteiger partial charge in [-0.1, -0.05) is 6.07 Å². The van der Waals surface area contributed by atoms with E-state index >= 15 is 0 Å². The first-order chi connectivity index (χ1) is 21.8. The summed E-state index contributed by atoms with van der Waals surface area (Å²) < 4.78 is 78.3. The van der Waals surface area contributed by atoms with Crippen LogP contribution in [0.2, 0.25) is 0 Å². The number of H-pyrrole nitrogens is 1. The summed E-state index contributed by atoms with van der Waals surface area (Å²) in [6.07, 6.45) is 0.631. The lowest BCUT2D eigenvalue weighted by molar-refractivity contribution is -0.0319. The van der Waals surface area contributed by atoms with E-state index in [9.17, 15) is 41.0 Å². The predicted octanol–water partition coefficient (Wildman–Crippen LogP) is 2.34. The standard InChI is InChI=1S/C30H34FN3O10S2/c31-19-4-7-25-26(12-19)32-15-27(28(25)36)46(41,42)33-10-8-30(9-11-33)14-20(17-44-30)34(29(37)38)16-21(35)18-43-22-2-1-3-24(13-22)45(39,40)23-5-6-23/h1-4,7,12-13,15,20-21,23,35H,5-6,8-11,14,16-18H2,(H,32,36)(H,37,38)/t20-,21+/m1/s1. The summed E-state index contributed by atoms with van der Waals surface area (Å²) in [6, 6.07) is 8.83. The summed E-state index contributed by atoms with van der Waals surface area (Å²) in [7, 11) is -7.61. The van der Waals surface area contributed by atoms with Crippen molar-refractivity contribution in [3.8, 4) is 5.75 Å². The maximum Gasteiger partial charge on any atom is 0.407 e. The lowest BCUT2D eigenvalue weighted by Gasteiger charge is -2.38. The molecular weight excluding hydrogens is 645 g/mol. The number of nitrogens with zero attached hydrogens (tertiary/aromatic N) is 2.